The molecule has 0 atom stereocenters. The third-order valence-corrected chi connectivity index (χ3v) is 11.2. The van der Waals surface area contributed by atoms with Gasteiger partial charge in [-0.1, -0.05) is 53.7 Å². The number of rotatable bonds is 6. The van der Waals surface area contributed by atoms with E-state index in [1.165, 1.54) is 26.2 Å². The van der Waals surface area contributed by atoms with Gasteiger partial charge in [-0.3, -0.25) is 9.36 Å². The van der Waals surface area contributed by atoms with Gasteiger partial charge in [0.1, 0.15) is 30.9 Å². The number of aromatic nitrogens is 2. The van der Waals surface area contributed by atoms with Gasteiger partial charge in [-0.25, -0.2) is 8.42 Å². The molecule has 1 aliphatic rings. The van der Waals surface area contributed by atoms with E-state index in [4.69, 9.17) is 0 Å². The van der Waals surface area contributed by atoms with Gasteiger partial charge in [0.2, 0.25) is 5.69 Å². The molecule has 3 heterocycles. The molecule has 232 valence electrons. The summed E-state index contributed by atoms with van der Waals surface area (Å²) in [5.74, 6) is 0. The molecule has 0 fully saturated rings. The summed E-state index contributed by atoms with van der Waals surface area (Å²) < 4.78 is 38.3. The maximum absolute atomic E-state index is 13.6. The summed E-state index contributed by atoms with van der Waals surface area (Å²) in [4.78, 5) is 16.9. The smallest absolute Gasteiger partial charge is 0.271 e. The highest BCUT2D eigenvalue weighted by atomic mass is 125. The normalized spacial score (nSPS) is 14.2. The molecule has 0 radical (unpaired) electrons. The number of halogens is 1. The zero-order chi connectivity index (χ0) is 32.1. The number of nitrogens with zero attached hydrogens (tertiary/aromatic N) is 3. The average Bonchev–Trinajstić information content (AvgIpc) is 3.54. The third-order valence-electron chi connectivity index (χ3n) is 7.18. The molecule has 0 spiro atoms. The van der Waals surface area contributed by atoms with E-state index in [0.717, 1.165) is 44.3 Å². The lowest BCUT2D eigenvalue weighted by molar-refractivity contribution is -0.695. The van der Waals surface area contributed by atoms with E-state index in [-0.39, 0.29) is 10.5 Å². The van der Waals surface area contributed by atoms with Gasteiger partial charge in [-0.15, -0.1) is 11.3 Å². The number of benzene rings is 3. The lowest BCUT2D eigenvalue weighted by Crippen LogP contribution is -2.37. The first-order valence-electron chi connectivity index (χ1n) is 14.3. The van der Waals surface area contributed by atoms with Gasteiger partial charge in [-0.05, 0) is 91.4 Å². The van der Waals surface area contributed by atoms with Crippen LogP contribution in [0, 0.1) is 10.5 Å². The topological polar surface area (TPSA) is 86.3 Å². The van der Waals surface area contributed by atoms with Crippen molar-refractivity contribution in [3.05, 3.63) is 137 Å². The van der Waals surface area contributed by atoms with Crippen molar-refractivity contribution in [3.63, 3.8) is 0 Å². The second-order valence-corrected chi connectivity index (χ2v) is 14.9. The van der Waals surface area contributed by atoms with Crippen LogP contribution in [0.4, 0.5) is 5.69 Å². The van der Waals surface area contributed by atoms with E-state index in [1.54, 1.807) is 35.2 Å². The van der Waals surface area contributed by atoms with E-state index < -0.39 is 10.1 Å². The number of thiazole rings is 1. The molecule has 0 amide bonds. The minimum atomic E-state index is -4.27. The Kier molecular flexibility index (Phi) is 10.7. The number of aryl methyl sites for hydroxylation is 2. The molecule has 0 unspecified atom stereocenters. The van der Waals surface area contributed by atoms with Crippen molar-refractivity contribution in [2.45, 2.75) is 50.2 Å². The molecule has 3 aromatic carbocycles. The number of hydrogen-bond donors (Lipinski definition) is 0. The van der Waals surface area contributed by atoms with Crippen LogP contribution in [-0.4, -0.2) is 17.5 Å². The predicted molar refractivity (Wildman–Crippen MR) is 190 cm³/mol. The molecule has 0 bridgehead atoms. The maximum Gasteiger partial charge on any atom is 0.271 e. The van der Waals surface area contributed by atoms with E-state index >= 15 is 0 Å². The number of anilines is 1. The van der Waals surface area contributed by atoms with Crippen molar-refractivity contribution in [3.8, 4) is 0 Å². The summed E-state index contributed by atoms with van der Waals surface area (Å²) >= 11 is 5.62. The van der Waals surface area contributed by atoms with E-state index in [0.29, 0.717) is 6.54 Å². The van der Waals surface area contributed by atoms with Crippen LogP contribution in [0.15, 0.2) is 112 Å². The van der Waals surface area contributed by atoms with Crippen molar-refractivity contribution in [2.75, 3.05) is 4.90 Å². The SMILES string of the molecule is CCn1c(=O)/c(=C2\Sc3ccccc3N2Cc2ccc([125I])cc2)s/c1=C\c1cccc[n+]1CC.Cc1ccc(S(=O)(=O)[O-])cc1. The zero-order valence-electron chi connectivity index (χ0n) is 25.0. The zero-order valence-corrected chi connectivity index (χ0v) is 29.6. The molecule has 0 aliphatic carbocycles. The molecule has 1 aliphatic heterocycles. The van der Waals surface area contributed by atoms with Gasteiger partial charge in [0.05, 0.1) is 10.6 Å². The van der Waals surface area contributed by atoms with Crippen LogP contribution in [0.3, 0.4) is 0 Å². The van der Waals surface area contributed by atoms with Gasteiger partial charge >= 0.3 is 0 Å². The maximum atomic E-state index is 13.6. The Morgan fingerprint density at radius 3 is 2.29 bits per heavy atom. The summed E-state index contributed by atoms with van der Waals surface area (Å²) in [5, 5.41) is 1.02. The quantitative estimate of drug-likeness (QED) is 0.130. The number of para-hydroxylation sites is 1. The highest BCUT2D eigenvalue weighted by Gasteiger charge is 2.27. The Balaban J connectivity index is 0.000000309. The Morgan fingerprint density at radius 1 is 0.933 bits per heavy atom. The molecular weight excluding hydrogens is 735 g/mol. The largest absolute Gasteiger partial charge is 0.744 e. The Morgan fingerprint density at radius 2 is 1.62 bits per heavy atom. The number of fused-ring (bicyclic) bond motifs is 1. The average molecular weight is 768 g/mol. The van der Waals surface area contributed by atoms with Crippen molar-refractivity contribution < 1.29 is 17.5 Å². The Bertz CT molecular complexity index is 2110. The third kappa shape index (κ3) is 7.78. The molecule has 0 N–H and O–H groups in total. The van der Waals surface area contributed by atoms with E-state index in [1.807, 2.05) is 30.5 Å². The molecule has 6 rings (SSSR count). The highest BCUT2D eigenvalue weighted by Crippen LogP contribution is 2.46. The van der Waals surface area contributed by atoms with Gasteiger partial charge < -0.3 is 9.45 Å². The first-order chi connectivity index (χ1) is 21.6. The Hall–Kier alpha value is -3.23. The van der Waals surface area contributed by atoms with Crippen molar-refractivity contribution >= 4 is 72.6 Å². The highest BCUT2D eigenvalue weighted by molar-refractivity contribution is 14.1. The van der Waals surface area contributed by atoms with Crippen molar-refractivity contribution in [1.82, 2.24) is 4.57 Å². The fourth-order valence-electron chi connectivity index (χ4n) is 4.84. The number of thioether (sulfide) groups is 1. The summed E-state index contributed by atoms with van der Waals surface area (Å²) in [6.07, 6.45) is 4.22. The first kappa shape index (κ1) is 33.1. The molecule has 0 saturated carbocycles. The molecule has 11 heteroatoms. The minimum absolute atomic E-state index is 0.0839. The fraction of sp³-hybridized carbons (Fsp3) is 0.176. The van der Waals surface area contributed by atoms with Crippen LogP contribution in [0.1, 0.15) is 30.7 Å². The van der Waals surface area contributed by atoms with Crippen molar-refractivity contribution in [1.29, 1.82) is 0 Å². The lowest BCUT2D eigenvalue weighted by Gasteiger charge is -2.20. The van der Waals surface area contributed by atoms with Crippen LogP contribution < -0.4 is 24.2 Å². The second kappa shape index (κ2) is 14.5. The van der Waals surface area contributed by atoms with E-state index in [2.05, 4.69) is 106 Å². The van der Waals surface area contributed by atoms with Gasteiger partial charge in [0.25, 0.3) is 5.56 Å². The van der Waals surface area contributed by atoms with Crippen LogP contribution in [-0.2, 0) is 29.8 Å². The monoisotopic (exact) mass is 767 g/mol. The van der Waals surface area contributed by atoms with Crippen LogP contribution >= 0.6 is 45.7 Å². The van der Waals surface area contributed by atoms with Gasteiger partial charge in [0, 0.05) is 39.8 Å². The van der Waals surface area contributed by atoms with Gasteiger partial charge in [0.15, 0.2) is 6.20 Å². The molecular formula is C34H32IN3O4S3. The number of pyridine rings is 1. The summed E-state index contributed by atoms with van der Waals surface area (Å²) in [6.45, 7) is 8.25. The van der Waals surface area contributed by atoms with E-state index in [9.17, 15) is 17.8 Å². The Labute approximate surface area is 285 Å². The summed E-state index contributed by atoms with van der Waals surface area (Å²) in [6, 6.07) is 29.0. The molecule has 7 nitrogen and oxygen atoms in total. The predicted octanol–water partition coefficient (Wildman–Crippen LogP) is 5.45. The second-order valence-electron chi connectivity index (χ2n) is 10.2. The van der Waals surface area contributed by atoms with Crippen molar-refractivity contribution in [2.24, 2.45) is 0 Å². The summed E-state index contributed by atoms with van der Waals surface area (Å²) in [5.41, 5.74) is 4.50. The van der Waals surface area contributed by atoms with Crippen LogP contribution in [0.2, 0.25) is 0 Å². The molecule has 45 heavy (non-hydrogen) atoms. The fourth-order valence-corrected chi connectivity index (χ4v) is 8.12. The first-order valence-corrected chi connectivity index (χ1v) is 18.5. The lowest BCUT2D eigenvalue weighted by atomic mass is 10.2. The summed E-state index contributed by atoms with van der Waals surface area (Å²) in [7, 11) is -4.27. The molecule has 0 saturated heterocycles. The molecule has 2 aromatic heterocycles. The number of hydrogen-bond acceptors (Lipinski definition) is 7. The van der Waals surface area contributed by atoms with Crippen LogP contribution in [0.5, 0.6) is 0 Å². The van der Waals surface area contributed by atoms with Crippen LogP contribution in [0.25, 0.3) is 11.1 Å². The standard InChI is InChI=1S/C27H25IN3OS2.C7H8O3S/c1-3-29-16-8-7-9-21(29)17-24-30(4-2)26(32)25(34-24)27-31(18-19-12-14-20(28)15-13-19)22-10-5-6-11-23(22)33-27;1-6-2-4-7(5-3-6)11(8,9)10/h5-17H,3-4,18H2,1-2H3;2-5H,1H3,(H,8,9,10)/q+1;/p-1/b27-25+;/i28-2;. The van der Waals surface area contributed by atoms with Gasteiger partial charge in [-0.2, -0.15) is 4.57 Å². The minimum Gasteiger partial charge on any atom is -0.744 e. The molecule has 5 aromatic rings.